The summed E-state index contributed by atoms with van der Waals surface area (Å²) in [5.74, 6) is -0.946. The lowest BCUT2D eigenvalue weighted by Crippen LogP contribution is -2.55. The summed E-state index contributed by atoms with van der Waals surface area (Å²) in [6.45, 7) is 4.55. The van der Waals surface area contributed by atoms with Crippen LogP contribution in [-0.2, 0) is 20.7 Å². The number of nitrogens with zero attached hydrogens (tertiary/aromatic N) is 1. The Hall–Kier alpha value is -3.29. The van der Waals surface area contributed by atoms with E-state index in [0.717, 1.165) is 41.6 Å². The van der Waals surface area contributed by atoms with Gasteiger partial charge in [-0.3, -0.25) is 4.79 Å². The summed E-state index contributed by atoms with van der Waals surface area (Å²) in [6.07, 6.45) is 2.68. The third-order valence-electron chi connectivity index (χ3n) is 8.10. The molecule has 4 atom stereocenters. The molecule has 3 aromatic rings. The first-order valence-corrected chi connectivity index (χ1v) is 14.1. The smallest absolute Gasteiger partial charge is 0.305 e. The molecule has 7 heteroatoms. The highest BCUT2D eigenvalue weighted by Gasteiger charge is 2.41. The number of rotatable bonds is 11. The summed E-state index contributed by atoms with van der Waals surface area (Å²) in [5, 5.41) is 0. The fraction of sp³-hybridized carbons (Fsp3) is 0.424. The number of ether oxygens (including phenoxy) is 2. The van der Waals surface area contributed by atoms with Crippen molar-refractivity contribution in [3.8, 4) is 0 Å². The average Bonchev–Trinajstić information content (AvgIpc) is 2.95. The SMILES string of the molecule is CCC1[C@@H](COC(=O)CCCc2ccc(N)cc2)[C@@H](OC(c2ccc(F)cc2)c2ccc(F)cc2)CC(C)N1C. The first-order chi connectivity index (χ1) is 19.2. The van der Waals surface area contributed by atoms with Crippen molar-refractivity contribution in [1.82, 2.24) is 4.90 Å². The Kier molecular flexibility index (Phi) is 10.3. The maximum Gasteiger partial charge on any atom is 0.305 e. The van der Waals surface area contributed by atoms with Crippen LogP contribution in [0.15, 0.2) is 72.8 Å². The van der Waals surface area contributed by atoms with E-state index in [4.69, 9.17) is 15.2 Å². The monoisotopic (exact) mass is 550 g/mol. The van der Waals surface area contributed by atoms with Crippen molar-refractivity contribution in [2.45, 2.75) is 70.2 Å². The molecule has 5 nitrogen and oxygen atoms in total. The van der Waals surface area contributed by atoms with Crippen molar-refractivity contribution < 1.29 is 23.0 Å². The molecular weight excluding hydrogens is 510 g/mol. The second-order valence-electron chi connectivity index (χ2n) is 10.8. The van der Waals surface area contributed by atoms with Crippen LogP contribution >= 0.6 is 0 Å². The van der Waals surface area contributed by atoms with Crippen molar-refractivity contribution in [1.29, 1.82) is 0 Å². The Balaban J connectivity index is 1.48. The molecule has 0 aromatic heterocycles. The van der Waals surface area contributed by atoms with Gasteiger partial charge in [0.2, 0.25) is 0 Å². The maximum atomic E-state index is 13.7. The molecule has 0 radical (unpaired) electrons. The number of nitrogen functional groups attached to an aromatic ring is 1. The zero-order valence-corrected chi connectivity index (χ0v) is 23.6. The van der Waals surface area contributed by atoms with Crippen molar-refractivity contribution in [3.63, 3.8) is 0 Å². The van der Waals surface area contributed by atoms with Gasteiger partial charge >= 0.3 is 5.97 Å². The summed E-state index contributed by atoms with van der Waals surface area (Å²) in [7, 11) is 2.11. The lowest BCUT2D eigenvalue weighted by molar-refractivity contribution is -0.154. The van der Waals surface area contributed by atoms with E-state index in [1.54, 1.807) is 24.3 Å². The van der Waals surface area contributed by atoms with Gasteiger partial charge in [0, 0.05) is 30.1 Å². The van der Waals surface area contributed by atoms with Crippen LogP contribution in [0.2, 0.25) is 0 Å². The largest absolute Gasteiger partial charge is 0.465 e. The Morgan fingerprint density at radius 1 is 0.975 bits per heavy atom. The topological polar surface area (TPSA) is 64.8 Å². The van der Waals surface area contributed by atoms with Crippen molar-refractivity contribution >= 4 is 11.7 Å². The highest BCUT2D eigenvalue weighted by atomic mass is 19.1. The normalized spacial score (nSPS) is 21.4. The summed E-state index contributed by atoms with van der Waals surface area (Å²) < 4.78 is 40.1. The lowest BCUT2D eigenvalue weighted by atomic mass is 9.82. The molecule has 214 valence electrons. The van der Waals surface area contributed by atoms with Crippen molar-refractivity contribution in [2.75, 3.05) is 19.4 Å². The van der Waals surface area contributed by atoms with Gasteiger partial charge in [0.25, 0.3) is 0 Å². The van der Waals surface area contributed by atoms with Gasteiger partial charge in [-0.15, -0.1) is 0 Å². The number of carbonyl (C=O) groups is 1. The molecule has 40 heavy (non-hydrogen) atoms. The van der Waals surface area contributed by atoms with Gasteiger partial charge in [-0.25, -0.2) is 8.78 Å². The number of nitrogens with two attached hydrogens (primary N) is 1. The van der Waals surface area contributed by atoms with E-state index in [2.05, 4.69) is 25.8 Å². The molecule has 1 fully saturated rings. The molecule has 0 spiro atoms. The Labute approximate surface area is 236 Å². The second-order valence-corrected chi connectivity index (χ2v) is 10.8. The van der Waals surface area contributed by atoms with E-state index in [9.17, 15) is 13.6 Å². The third kappa shape index (κ3) is 7.67. The molecule has 4 rings (SSSR count). The molecule has 0 bridgehead atoms. The maximum absolute atomic E-state index is 13.7. The van der Waals surface area contributed by atoms with Gasteiger partial charge in [0.1, 0.15) is 17.7 Å². The molecule has 1 aliphatic rings. The van der Waals surface area contributed by atoms with Gasteiger partial charge in [-0.1, -0.05) is 43.3 Å². The number of benzene rings is 3. The summed E-state index contributed by atoms with van der Waals surface area (Å²) >= 11 is 0. The van der Waals surface area contributed by atoms with Crippen LogP contribution in [0, 0.1) is 17.6 Å². The minimum absolute atomic E-state index is 0.0596. The summed E-state index contributed by atoms with van der Waals surface area (Å²) in [4.78, 5) is 15.1. The number of hydrogen-bond acceptors (Lipinski definition) is 5. The number of piperidine rings is 1. The Morgan fingerprint density at radius 3 is 2.10 bits per heavy atom. The minimum Gasteiger partial charge on any atom is -0.465 e. The standard InChI is InChI=1S/C33H40F2N2O3/c1-4-30-29(21-39-32(38)7-5-6-23-8-18-28(36)19-9-23)31(20-22(2)37(30)3)40-33(24-10-14-26(34)15-11-24)25-12-16-27(35)17-13-25/h8-19,22,29-31,33H,4-7,20-21,36H2,1-3H3/t22?,29-,30?,31+/m1/s1. The molecule has 3 aromatic carbocycles. The first-order valence-electron chi connectivity index (χ1n) is 14.1. The van der Waals surface area contributed by atoms with E-state index >= 15 is 0 Å². The van der Waals surface area contributed by atoms with Crippen LogP contribution in [0.1, 0.15) is 62.3 Å². The lowest BCUT2D eigenvalue weighted by Gasteiger charge is -2.47. The van der Waals surface area contributed by atoms with Crippen LogP contribution in [0.5, 0.6) is 0 Å². The average molecular weight is 551 g/mol. The quantitative estimate of drug-likeness (QED) is 0.212. The molecule has 0 saturated carbocycles. The fourth-order valence-corrected chi connectivity index (χ4v) is 5.70. The van der Waals surface area contributed by atoms with Gasteiger partial charge < -0.3 is 20.1 Å². The molecule has 1 saturated heterocycles. The molecule has 0 aliphatic carbocycles. The van der Waals surface area contributed by atoms with Crippen LogP contribution in [0.3, 0.4) is 0 Å². The molecule has 2 N–H and O–H groups in total. The molecule has 0 amide bonds. The van der Waals surface area contributed by atoms with Crippen molar-refractivity contribution in [2.24, 2.45) is 5.92 Å². The zero-order valence-electron chi connectivity index (χ0n) is 23.6. The highest BCUT2D eigenvalue weighted by Crippen LogP contribution is 2.37. The van der Waals surface area contributed by atoms with E-state index in [1.165, 1.54) is 24.3 Å². The van der Waals surface area contributed by atoms with E-state index < -0.39 is 6.10 Å². The fourth-order valence-electron chi connectivity index (χ4n) is 5.70. The van der Waals surface area contributed by atoms with Crippen LogP contribution < -0.4 is 5.73 Å². The predicted molar refractivity (Wildman–Crippen MR) is 154 cm³/mol. The molecule has 1 heterocycles. The highest BCUT2D eigenvalue weighted by molar-refractivity contribution is 5.69. The number of likely N-dealkylation sites (tertiary alicyclic amines) is 1. The Bertz CT molecular complexity index is 1170. The number of halogens is 2. The number of hydrogen-bond donors (Lipinski definition) is 1. The van der Waals surface area contributed by atoms with E-state index in [0.29, 0.717) is 12.8 Å². The van der Waals surface area contributed by atoms with Gasteiger partial charge in [0.05, 0.1) is 12.7 Å². The van der Waals surface area contributed by atoms with Crippen LogP contribution in [0.4, 0.5) is 14.5 Å². The van der Waals surface area contributed by atoms with Crippen molar-refractivity contribution in [3.05, 3.63) is 101 Å². The number of esters is 1. The van der Waals surface area contributed by atoms with Gasteiger partial charge in [-0.2, -0.15) is 0 Å². The molecule has 2 unspecified atom stereocenters. The number of carbonyl (C=O) groups excluding carboxylic acids is 1. The van der Waals surface area contributed by atoms with Crippen LogP contribution in [-0.4, -0.2) is 42.7 Å². The Morgan fingerprint density at radius 2 is 1.55 bits per heavy atom. The second kappa shape index (κ2) is 13.9. The minimum atomic E-state index is -0.516. The molecular formula is C33H40F2N2O3. The van der Waals surface area contributed by atoms with E-state index in [1.807, 2.05) is 24.3 Å². The first kappa shape index (κ1) is 29.7. The predicted octanol–water partition coefficient (Wildman–Crippen LogP) is 6.71. The number of anilines is 1. The van der Waals surface area contributed by atoms with E-state index in [-0.39, 0.29) is 48.3 Å². The summed E-state index contributed by atoms with van der Waals surface area (Å²) in [5.41, 5.74) is 9.18. The third-order valence-corrected chi connectivity index (χ3v) is 8.10. The number of aryl methyl sites for hydroxylation is 1. The van der Waals surface area contributed by atoms with Gasteiger partial charge in [-0.05, 0) is 92.7 Å². The molecule has 1 aliphatic heterocycles. The summed E-state index contributed by atoms with van der Waals surface area (Å²) in [6, 6.07) is 20.5. The van der Waals surface area contributed by atoms with Gasteiger partial charge in [0.15, 0.2) is 0 Å². The van der Waals surface area contributed by atoms with Crippen LogP contribution in [0.25, 0.3) is 0 Å². The zero-order chi connectivity index (χ0) is 28.6.